The minimum absolute atomic E-state index is 0.228. The van der Waals surface area contributed by atoms with Crippen LogP contribution in [0.5, 0.6) is 0 Å². The van der Waals surface area contributed by atoms with E-state index >= 15 is 0 Å². The minimum Gasteiger partial charge on any atom is -0.380 e. The Hall–Kier alpha value is -0.410. The molecule has 3 nitrogen and oxygen atoms in total. The van der Waals surface area contributed by atoms with Gasteiger partial charge in [-0.3, -0.25) is 9.69 Å². The van der Waals surface area contributed by atoms with Gasteiger partial charge in [-0.25, -0.2) is 0 Å². The largest absolute Gasteiger partial charge is 0.380 e. The smallest absolute Gasteiger partial charge is 0.152 e. The van der Waals surface area contributed by atoms with Crippen LogP contribution in [0.25, 0.3) is 0 Å². The minimum atomic E-state index is -0.228. The van der Waals surface area contributed by atoms with Gasteiger partial charge in [0.15, 0.2) is 5.78 Å². The zero-order valence-electron chi connectivity index (χ0n) is 9.67. The van der Waals surface area contributed by atoms with Crippen LogP contribution < -0.4 is 0 Å². The van der Waals surface area contributed by atoms with Crippen molar-refractivity contribution in [3.63, 3.8) is 0 Å². The molecule has 1 aliphatic heterocycles. The molecule has 0 aliphatic carbocycles. The van der Waals surface area contributed by atoms with Gasteiger partial charge < -0.3 is 4.74 Å². The maximum atomic E-state index is 11.7. The van der Waals surface area contributed by atoms with E-state index in [9.17, 15) is 4.79 Å². The number of nitrogens with zero attached hydrogens (tertiary/aromatic N) is 1. The third-order valence-electron chi connectivity index (χ3n) is 2.76. The highest BCUT2D eigenvalue weighted by Gasteiger charge is 2.26. The molecule has 0 amide bonds. The van der Waals surface area contributed by atoms with E-state index in [1.54, 1.807) is 0 Å². The number of ether oxygens (including phenoxy) is 1. The summed E-state index contributed by atoms with van der Waals surface area (Å²) in [5, 5.41) is 0. The lowest BCUT2D eigenvalue weighted by Crippen LogP contribution is -2.39. The topological polar surface area (TPSA) is 29.5 Å². The number of rotatable bonds is 3. The molecule has 1 heterocycles. The number of hydrogen-bond donors (Lipinski definition) is 0. The first-order chi connectivity index (χ1) is 6.41. The molecule has 1 fully saturated rings. The summed E-state index contributed by atoms with van der Waals surface area (Å²) >= 11 is 0. The number of ketones is 1. The Kier molecular flexibility index (Phi) is 3.67. The van der Waals surface area contributed by atoms with Crippen molar-refractivity contribution in [3.8, 4) is 0 Å². The number of carbonyl (C=O) groups is 1. The van der Waals surface area contributed by atoms with Gasteiger partial charge >= 0.3 is 0 Å². The van der Waals surface area contributed by atoms with E-state index in [0.717, 1.165) is 19.6 Å². The second-order valence-corrected chi connectivity index (χ2v) is 5.11. The molecular weight excluding hydrogens is 178 g/mol. The van der Waals surface area contributed by atoms with Crippen molar-refractivity contribution < 1.29 is 9.53 Å². The number of hydrogen-bond acceptors (Lipinski definition) is 3. The summed E-state index contributed by atoms with van der Waals surface area (Å²) in [7, 11) is 2.00. The molecule has 0 spiro atoms. The molecule has 1 atom stereocenters. The highest BCUT2D eigenvalue weighted by atomic mass is 16.5. The van der Waals surface area contributed by atoms with E-state index in [1.165, 1.54) is 0 Å². The maximum Gasteiger partial charge on any atom is 0.152 e. The molecule has 1 rings (SSSR count). The van der Waals surface area contributed by atoms with Gasteiger partial charge in [-0.15, -0.1) is 0 Å². The van der Waals surface area contributed by atoms with E-state index in [2.05, 4.69) is 4.90 Å². The lowest BCUT2D eigenvalue weighted by Gasteiger charge is -2.26. The van der Waals surface area contributed by atoms with E-state index in [1.807, 2.05) is 27.8 Å². The molecule has 0 saturated carbocycles. The van der Waals surface area contributed by atoms with Crippen LogP contribution in [0.3, 0.4) is 0 Å². The molecule has 14 heavy (non-hydrogen) atoms. The molecule has 1 unspecified atom stereocenters. The first-order valence-electron chi connectivity index (χ1n) is 5.22. The van der Waals surface area contributed by atoms with Gasteiger partial charge in [-0.05, 0) is 13.5 Å². The quantitative estimate of drug-likeness (QED) is 0.686. The van der Waals surface area contributed by atoms with Crippen molar-refractivity contribution in [1.29, 1.82) is 0 Å². The fourth-order valence-electron chi connectivity index (χ4n) is 1.46. The molecule has 3 heteroatoms. The van der Waals surface area contributed by atoms with Gasteiger partial charge in [0.1, 0.15) is 0 Å². The molecule has 1 aliphatic rings. The normalized spacial score (nSPS) is 23.1. The van der Waals surface area contributed by atoms with Crippen molar-refractivity contribution in [2.45, 2.75) is 33.2 Å². The van der Waals surface area contributed by atoms with Crippen LogP contribution in [0.15, 0.2) is 0 Å². The van der Waals surface area contributed by atoms with Crippen LogP contribution in [0.4, 0.5) is 0 Å². The van der Waals surface area contributed by atoms with Gasteiger partial charge in [0.25, 0.3) is 0 Å². The molecule has 0 aromatic carbocycles. The third kappa shape index (κ3) is 3.07. The van der Waals surface area contributed by atoms with Crippen LogP contribution in [-0.4, -0.2) is 43.5 Å². The maximum absolute atomic E-state index is 11.7. The summed E-state index contributed by atoms with van der Waals surface area (Å²) < 4.78 is 5.29. The highest BCUT2D eigenvalue weighted by molar-refractivity contribution is 5.85. The Morgan fingerprint density at radius 2 is 2.14 bits per heavy atom. The van der Waals surface area contributed by atoms with Crippen molar-refractivity contribution in [2.75, 3.05) is 26.8 Å². The fraction of sp³-hybridized carbons (Fsp3) is 0.909. The average Bonchev–Trinajstić information content (AvgIpc) is 2.53. The second kappa shape index (κ2) is 4.41. The summed E-state index contributed by atoms with van der Waals surface area (Å²) in [5.74, 6) is 0.298. The van der Waals surface area contributed by atoms with E-state index < -0.39 is 0 Å². The van der Waals surface area contributed by atoms with Crippen LogP contribution >= 0.6 is 0 Å². The summed E-state index contributed by atoms with van der Waals surface area (Å²) in [4.78, 5) is 13.9. The first kappa shape index (κ1) is 11.7. The van der Waals surface area contributed by atoms with Crippen molar-refractivity contribution in [2.24, 2.45) is 5.41 Å². The summed E-state index contributed by atoms with van der Waals surface area (Å²) in [6.45, 7) is 8.04. The molecule has 0 aromatic rings. The van der Waals surface area contributed by atoms with Crippen LogP contribution in [0.2, 0.25) is 0 Å². The number of likely N-dealkylation sites (N-methyl/N-ethyl adjacent to an activating group) is 1. The van der Waals surface area contributed by atoms with Crippen molar-refractivity contribution in [1.82, 2.24) is 4.90 Å². The van der Waals surface area contributed by atoms with Gasteiger partial charge in [0.2, 0.25) is 0 Å². The predicted octanol–water partition coefficient (Wildman–Crippen LogP) is 1.32. The molecule has 1 saturated heterocycles. The SMILES string of the molecule is CN(CC(=O)C(C)(C)C)C1CCOC1. The predicted molar refractivity (Wildman–Crippen MR) is 56.3 cm³/mol. The summed E-state index contributed by atoms with van der Waals surface area (Å²) in [6, 6.07) is 0.432. The van der Waals surface area contributed by atoms with Crippen LogP contribution in [0.1, 0.15) is 27.2 Å². The lowest BCUT2D eigenvalue weighted by atomic mass is 9.90. The zero-order valence-corrected chi connectivity index (χ0v) is 9.67. The monoisotopic (exact) mass is 199 g/mol. The molecule has 0 N–H and O–H groups in total. The third-order valence-corrected chi connectivity index (χ3v) is 2.76. The van der Waals surface area contributed by atoms with E-state index in [-0.39, 0.29) is 5.41 Å². The van der Waals surface area contributed by atoms with Crippen LogP contribution in [-0.2, 0) is 9.53 Å². The average molecular weight is 199 g/mol. The molecule has 0 bridgehead atoms. The molecule has 0 aromatic heterocycles. The number of Topliss-reactive ketones (excluding diaryl/α,β-unsaturated/α-hetero) is 1. The first-order valence-corrected chi connectivity index (χ1v) is 5.22. The van der Waals surface area contributed by atoms with Gasteiger partial charge in [0, 0.05) is 18.1 Å². The Morgan fingerprint density at radius 3 is 2.57 bits per heavy atom. The summed E-state index contributed by atoms with van der Waals surface area (Å²) in [5.41, 5.74) is -0.228. The number of carbonyl (C=O) groups excluding carboxylic acids is 1. The Labute approximate surface area is 86.4 Å². The molecule has 0 radical (unpaired) electrons. The fourth-order valence-corrected chi connectivity index (χ4v) is 1.46. The Bertz CT molecular complexity index is 202. The van der Waals surface area contributed by atoms with Gasteiger partial charge in [-0.1, -0.05) is 20.8 Å². The Morgan fingerprint density at radius 1 is 1.50 bits per heavy atom. The lowest BCUT2D eigenvalue weighted by molar-refractivity contribution is -0.127. The van der Waals surface area contributed by atoms with Crippen molar-refractivity contribution in [3.05, 3.63) is 0 Å². The zero-order chi connectivity index (χ0) is 10.8. The molecule has 82 valence electrons. The molecular formula is C11H21NO2. The Balaban J connectivity index is 2.39. The van der Waals surface area contributed by atoms with Crippen molar-refractivity contribution >= 4 is 5.78 Å². The highest BCUT2D eigenvalue weighted by Crippen LogP contribution is 2.17. The van der Waals surface area contributed by atoms with Gasteiger partial charge in [-0.2, -0.15) is 0 Å². The van der Waals surface area contributed by atoms with Crippen LogP contribution in [0, 0.1) is 5.41 Å². The standard InChI is InChI=1S/C11H21NO2/c1-11(2,3)10(13)7-12(4)9-5-6-14-8-9/h9H,5-8H2,1-4H3. The van der Waals surface area contributed by atoms with E-state index in [4.69, 9.17) is 4.74 Å². The second-order valence-electron chi connectivity index (χ2n) is 5.11. The van der Waals surface area contributed by atoms with E-state index in [0.29, 0.717) is 18.4 Å². The summed E-state index contributed by atoms with van der Waals surface area (Å²) in [6.07, 6.45) is 1.05. The van der Waals surface area contributed by atoms with Gasteiger partial charge in [0.05, 0.1) is 13.2 Å².